The third-order valence-electron chi connectivity index (χ3n) is 4.96. The number of nitrogens with one attached hydrogen (secondary N) is 2. The molecule has 3 nitrogen and oxygen atoms in total. The van der Waals surface area contributed by atoms with Gasteiger partial charge in [-0.15, -0.1) is 0 Å². The van der Waals surface area contributed by atoms with Crippen molar-refractivity contribution in [3.8, 4) is 0 Å². The molecule has 1 aromatic rings. The minimum atomic E-state index is -0.296. The Balaban J connectivity index is 2.17. The second kappa shape index (κ2) is 7.47. The van der Waals surface area contributed by atoms with Crippen molar-refractivity contribution in [3.05, 3.63) is 34.9 Å². The molecule has 0 saturated carbocycles. The second-order valence-electron chi connectivity index (χ2n) is 6.36. The average Bonchev–Trinajstić information content (AvgIpc) is 2.53. The van der Waals surface area contributed by atoms with Gasteiger partial charge in [-0.1, -0.05) is 37.6 Å². The maximum absolute atomic E-state index is 12.8. The first-order valence-corrected chi connectivity index (χ1v) is 8.70. The molecule has 122 valence electrons. The van der Waals surface area contributed by atoms with Gasteiger partial charge in [0.25, 0.3) is 0 Å². The summed E-state index contributed by atoms with van der Waals surface area (Å²) in [6, 6.07) is 8.27. The summed E-state index contributed by atoms with van der Waals surface area (Å²) in [5, 5.41) is 7.47. The fourth-order valence-electron chi connectivity index (χ4n) is 3.38. The Morgan fingerprint density at radius 2 is 1.95 bits per heavy atom. The summed E-state index contributed by atoms with van der Waals surface area (Å²) in [6.07, 6.45) is 3.57. The van der Waals surface area contributed by atoms with Crippen molar-refractivity contribution in [2.24, 2.45) is 5.92 Å². The lowest BCUT2D eigenvalue weighted by Gasteiger charge is -2.36. The van der Waals surface area contributed by atoms with Gasteiger partial charge in [0, 0.05) is 17.0 Å². The van der Waals surface area contributed by atoms with E-state index in [9.17, 15) is 4.79 Å². The van der Waals surface area contributed by atoms with Crippen LogP contribution in [0.15, 0.2) is 24.3 Å². The Morgan fingerprint density at radius 3 is 2.50 bits per heavy atom. The molecule has 0 unspecified atom stereocenters. The van der Waals surface area contributed by atoms with E-state index in [4.69, 9.17) is 11.6 Å². The van der Waals surface area contributed by atoms with Crippen molar-refractivity contribution in [2.75, 3.05) is 6.54 Å². The van der Waals surface area contributed by atoms with Gasteiger partial charge in [-0.05, 0) is 56.8 Å². The van der Waals surface area contributed by atoms with Crippen LogP contribution in [0.1, 0.15) is 52.0 Å². The average molecular weight is 323 g/mol. The lowest BCUT2D eigenvalue weighted by Crippen LogP contribution is -2.50. The number of piperidine rings is 1. The standard InChI is InChI=1S/C18H27ClN2O/c1-4-18(5-2,15-6-8-16(19)9-7-15)21-17(22)14-10-11-20-13(3)12-14/h6-9,13-14,20H,4-5,10-12H2,1-3H3,(H,21,22)/t13-,14-/m0/s1. The molecule has 0 radical (unpaired) electrons. The second-order valence-corrected chi connectivity index (χ2v) is 6.80. The number of benzene rings is 1. The van der Waals surface area contributed by atoms with Gasteiger partial charge in [-0.2, -0.15) is 0 Å². The lowest BCUT2D eigenvalue weighted by atomic mass is 9.83. The summed E-state index contributed by atoms with van der Waals surface area (Å²) >= 11 is 6.00. The van der Waals surface area contributed by atoms with E-state index < -0.39 is 0 Å². The number of amides is 1. The van der Waals surface area contributed by atoms with E-state index in [0.717, 1.165) is 42.8 Å². The fourth-order valence-corrected chi connectivity index (χ4v) is 3.51. The first-order valence-electron chi connectivity index (χ1n) is 8.32. The maximum Gasteiger partial charge on any atom is 0.223 e. The van der Waals surface area contributed by atoms with Gasteiger partial charge >= 0.3 is 0 Å². The fraction of sp³-hybridized carbons (Fsp3) is 0.611. The van der Waals surface area contributed by atoms with Gasteiger partial charge in [-0.25, -0.2) is 0 Å². The molecule has 2 rings (SSSR count). The van der Waals surface area contributed by atoms with Crippen LogP contribution >= 0.6 is 11.6 Å². The zero-order valence-corrected chi connectivity index (χ0v) is 14.5. The molecule has 1 saturated heterocycles. The molecule has 1 aliphatic heterocycles. The SMILES string of the molecule is CCC(CC)(NC(=O)[C@H]1CCN[C@@H](C)C1)c1ccc(Cl)cc1. The van der Waals surface area contributed by atoms with E-state index in [-0.39, 0.29) is 17.4 Å². The van der Waals surface area contributed by atoms with Crippen LogP contribution in [0, 0.1) is 5.92 Å². The van der Waals surface area contributed by atoms with E-state index in [1.165, 1.54) is 0 Å². The molecule has 2 N–H and O–H groups in total. The summed E-state index contributed by atoms with van der Waals surface area (Å²) in [5.74, 6) is 0.299. The molecule has 0 aromatic heterocycles. The third kappa shape index (κ3) is 3.82. The van der Waals surface area contributed by atoms with Crippen LogP contribution in [-0.4, -0.2) is 18.5 Å². The van der Waals surface area contributed by atoms with Gasteiger partial charge in [0.15, 0.2) is 0 Å². The topological polar surface area (TPSA) is 41.1 Å². The van der Waals surface area contributed by atoms with Gasteiger partial charge in [0.05, 0.1) is 5.54 Å². The number of hydrogen-bond donors (Lipinski definition) is 2. The Kier molecular flexibility index (Phi) is 5.87. The van der Waals surface area contributed by atoms with E-state index in [1.807, 2.05) is 24.3 Å². The van der Waals surface area contributed by atoms with E-state index in [1.54, 1.807) is 0 Å². The first kappa shape index (κ1) is 17.3. The van der Waals surface area contributed by atoms with Crippen LogP contribution in [0.25, 0.3) is 0 Å². The number of rotatable bonds is 5. The minimum Gasteiger partial charge on any atom is -0.346 e. The van der Waals surface area contributed by atoms with Crippen molar-refractivity contribution >= 4 is 17.5 Å². The Bertz CT molecular complexity index is 496. The normalized spacial score (nSPS) is 22.4. The Labute approximate surface area is 138 Å². The zero-order chi connectivity index (χ0) is 16.2. The van der Waals surface area contributed by atoms with E-state index in [2.05, 4.69) is 31.4 Å². The van der Waals surface area contributed by atoms with Crippen molar-refractivity contribution in [1.29, 1.82) is 0 Å². The monoisotopic (exact) mass is 322 g/mol. The molecule has 1 aromatic carbocycles. The van der Waals surface area contributed by atoms with Crippen molar-refractivity contribution in [1.82, 2.24) is 10.6 Å². The quantitative estimate of drug-likeness (QED) is 0.864. The minimum absolute atomic E-state index is 0.112. The molecular weight excluding hydrogens is 296 g/mol. The van der Waals surface area contributed by atoms with Crippen molar-refractivity contribution in [2.45, 2.75) is 58.0 Å². The van der Waals surface area contributed by atoms with Gasteiger partial charge in [0.1, 0.15) is 0 Å². The van der Waals surface area contributed by atoms with Crippen molar-refractivity contribution < 1.29 is 4.79 Å². The van der Waals surface area contributed by atoms with Crippen LogP contribution in [0.2, 0.25) is 5.02 Å². The summed E-state index contributed by atoms with van der Waals surface area (Å²) in [7, 11) is 0. The van der Waals surface area contributed by atoms with Crippen LogP contribution in [0.3, 0.4) is 0 Å². The summed E-state index contributed by atoms with van der Waals surface area (Å²) in [5.41, 5.74) is 0.840. The molecule has 22 heavy (non-hydrogen) atoms. The molecule has 1 aliphatic rings. The third-order valence-corrected chi connectivity index (χ3v) is 5.21. The molecule has 2 atom stereocenters. The summed E-state index contributed by atoms with van der Waals surface area (Å²) < 4.78 is 0. The molecule has 0 aliphatic carbocycles. The first-order chi connectivity index (χ1) is 10.5. The maximum atomic E-state index is 12.8. The number of halogens is 1. The summed E-state index contributed by atoms with van der Waals surface area (Å²) in [4.78, 5) is 12.8. The molecule has 1 heterocycles. The molecule has 1 amide bonds. The Hall–Kier alpha value is -1.06. The Morgan fingerprint density at radius 1 is 1.32 bits per heavy atom. The van der Waals surface area contributed by atoms with Gasteiger partial charge < -0.3 is 10.6 Å². The van der Waals surface area contributed by atoms with Crippen LogP contribution in [0.4, 0.5) is 0 Å². The number of hydrogen-bond acceptors (Lipinski definition) is 2. The smallest absolute Gasteiger partial charge is 0.223 e. The molecular formula is C18H27ClN2O. The molecule has 0 bridgehead atoms. The summed E-state index contributed by atoms with van der Waals surface area (Å²) in [6.45, 7) is 7.32. The lowest BCUT2D eigenvalue weighted by molar-refractivity contribution is -0.128. The predicted octanol–water partition coefficient (Wildman–Crippen LogP) is 3.86. The predicted molar refractivity (Wildman–Crippen MR) is 92.0 cm³/mol. The number of carbonyl (C=O) groups is 1. The largest absolute Gasteiger partial charge is 0.346 e. The van der Waals surface area contributed by atoms with Crippen LogP contribution in [0.5, 0.6) is 0 Å². The highest BCUT2D eigenvalue weighted by molar-refractivity contribution is 6.30. The van der Waals surface area contributed by atoms with Gasteiger partial charge in [-0.3, -0.25) is 4.79 Å². The van der Waals surface area contributed by atoms with Gasteiger partial charge in [0.2, 0.25) is 5.91 Å². The highest BCUT2D eigenvalue weighted by Gasteiger charge is 2.34. The molecule has 4 heteroatoms. The van der Waals surface area contributed by atoms with Crippen LogP contribution in [-0.2, 0) is 10.3 Å². The van der Waals surface area contributed by atoms with E-state index >= 15 is 0 Å². The zero-order valence-electron chi connectivity index (χ0n) is 13.8. The van der Waals surface area contributed by atoms with Crippen molar-refractivity contribution in [3.63, 3.8) is 0 Å². The number of carbonyl (C=O) groups excluding carboxylic acids is 1. The highest BCUT2D eigenvalue weighted by Crippen LogP contribution is 2.31. The van der Waals surface area contributed by atoms with E-state index in [0.29, 0.717) is 6.04 Å². The molecule has 0 spiro atoms. The van der Waals surface area contributed by atoms with Crippen LogP contribution < -0.4 is 10.6 Å². The molecule has 1 fully saturated rings. The highest BCUT2D eigenvalue weighted by atomic mass is 35.5.